The fourth-order valence-electron chi connectivity index (χ4n) is 5.49. The predicted molar refractivity (Wildman–Crippen MR) is 130 cm³/mol. The van der Waals surface area contributed by atoms with Gasteiger partial charge in [0.05, 0.1) is 19.9 Å². The Morgan fingerprint density at radius 1 is 1.12 bits per heavy atom. The number of carbonyl (C=O) groups is 1. The topological polar surface area (TPSA) is 62.8 Å². The monoisotopic (exact) mass is 455 g/mol. The van der Waals surface area contributed by atoms with Gasteiger partial charge in [0.1, 0.15) is 0 Å². The van der Waals surface area contributed by atoms with Crippen LogP contribution in [0.2, 0.25) is 0 Å². The van der Waals surface area contributed by atoms with Crippen LogP contribution in [0.15, 0.2) is 47.4 Å². The Morgan fingerprint density at radius 3 is 2.66 bits per heavy atom. The number of methoxy groups -OCH3 is 2. The van der Waals surface area contributed by atoms with Gasteiger partial charge in [-0.25, -0.2) is 4.79 Å². The zero-order valence-electron chi connectivity index (χ0n) is 19.3. The number of hydrogen-bond acceptors (Lipinski definition) is 5. The van der Waals surface area contributed by atoms with E-state index in [0.717, 1.165) is 54.3 Å². The highest BCUT2D eigenvalue weighted by atomic mass is 32.2. The van der Waals surface area contributed by atoms with Gasteiger partial charge in [-0.2, -0.15) is 0 Å². The number of hydrogen-bond donors (Lipinski definition) is 2. The Kier molecular flexibility index (Phi) is 6.86. The van der Waals surface area contributed by atoms with Crippen LogP contribution in [-0.4, -0.2) is 57.1 Å². The number of thioether (sulfide) groups is 1. The molecule has 2 fully saturated rings. The second-order valence-corrected chi connectivity index (χ2v) is 9.59. The number of carbonyl (C=O) groups excluding carboxylic acids is 1. The van der Waals surface area contributed by atoms with Gasteiger partial charge in [0, 0.05) is 22.4 Å². The van der Waals surface area contributed by atoms with Crippen molar-refractivity contribution in [3.8, 4) is 11.5 Å². The molecule has 0 spiro atoms. The first-order chi connectivity index (χ1) is 15.5. The van der Waals surface area contributed by atoms with E-state index in [9.17, 15) is 4.79 Å². The molecule has 1 saturated heterocycles. The molecule has 172 valence electrons. The van der Waals surface area contributed by atoms with Crippen LogP contribution < -0.4 is 20.1 Å². The third-order valence-corrected chi connectivity index (χ3v) is 7.97. The number of benzene rings is 2. The first-order valence-electron chi connectivity index (χ1n) is 11.1. The van der Waals surface area contributed by atoms with Gasteiger partial charge in [-0.05, 0) is 75.4 Å². The molecular weight excluding hydrogens is 422 g/mol. The Morgan fingerprint density at radius 2 is 1.91 bits per heavy atom. The van der Waals surface area contributed by atoms with Crippen LogP contribution in [0.3, 0.4) is 0 Å². The second-order valence-electron chi connectivity index (χ2n) is 8.74. The maximum atomic E-state index is 12.8. The van der Waals surface area contributed by atoms with Crippen LogP contribution >= 0.6 is 11.8 Å². The smallest absolute Gasteiger partial charge is 0.319 e. The average molecular weight is 456 g/mol. The van der Waals surface area contributed by atoms with E-state index in [-0.39, 0.29) is 17.5 Å². The minimum Gasteiger partial charge on any atom is -0.493 e. The summed E-state index contributed by atoms with van der Waals surface area (Å²) in [6.07, 6.45) is 6.05. The van der Waals surface area contributed by atoms with Crippen molar-refractivity contribution < 1.29 is 14.3 Å². The van der Waals surface area contributed by atoms with E-state index < -0.39 is 0 Å². The molecule has 1 aliphatic heterocycles. The van der Waals surface area contributed by atoms with Gasteiger partial charge in [-0.15, -0.1) is 11.8 Å². The van der Waals surface area contributed by atoms with Gasteiger partial charge in [-0.3, -0.25) is 0 Å². The zero-order chi connectivity index (χ0) is 22.7. The maximum Gasteiger partial charge on any atom is 0.319 e. The zero-order valence-corrected chi connectivity index (χ0v) is 20.1. The highest BCUT2D eigenvalue weighted by molar-refractivity contribution is 7.98. The first kappa shape index (κ1) is 22.8. The number of rotatable bonds is 6. The number of urea groups is 1. The molecule has 3 unspecified atom stereocenters. The van der Waals surface area contributed by atoms with Crippen LogP contribution in [0, 0.1) is 0 Å². The van der Waals surface area contributed by atoms with E-state index in [4.69, 9.17) is 9.47 Å². The summed E-state index contributed by atoms with van der Waals surface area (Å²) in [5.74, 6) is 1.54. The lowest BCUT2D eigenvalue weighted by Crippen LogP contribution is -2.52. The fourth-order valence-corrected chi connectivity index (χ4v) is 6.04. The van der Waals surface area contributed by atoms with Crippen molar-refractivity contribution in [2.45, 2.75) is 48.1 Å². The molecule has 3 atom stereocenters. The number of nitrogens with zero attached hydrogens (tertiary/aromatic N) is 1. The molecule has 0 radical (unpaired) electrons. The summed E-state index contributed by atoms with van der Waals surface area (Å²) in [6.45, 7) is 1.05. The number of fused-ring (bicyclic) bond motifs is 1. The lowest BCUT2D eigenvalue weighted by molar-refractivity contribution is 0.156. The standard InChI is InChI=1S/C25H33N3O3S/c1-28-14-13-25(17-9-10-20(30-2)21(15-17)31-3)12-11-18(16-23(25)28)26-24(29)27-19-7-5-6-8-22(19)32-4/h5-10,15,18,23H,11-14,16H2,1-4H3,(H2,26,27,29). The van der Waals surface area contributed by atoms with Gasteiger partial charge < -0.3 is 25.0 Å². The molecule has 2 N–H and O–H groups in total. The fraction of sp³-hybridized carbons (Fsp3) is 0.480. The van der Waals surface area contributed by atoms with Crippen LogP contribution in [0.25, 0.3) is 0 Å². The summed E-state index contributed by atoms with van der Waals surface area (Å²) in [6, 6.07) is 14.6. The number of ether oxygens (including phenoxy) is 2. The van der Waals surface area contributed by atoms with Gasteiger partial charge in [0.2, 0.25) is 0 Å². The molecule has 32 heavy (non-hydrogen) atoms. The van der Waals surface area contributed by atoms with E-state index >= 15 is 0 Å². The predicted octanol–water partition coefficient (Wildman–Crippen LogP) is 4.74. The van der Waals surface area contributed by atoms with E-state index in [1.165, 1.54) is 5.56 Å². The van der Waals surface area contributed by atoms with Crippen molar-refractivity contribution in [1.82, 2.24) is 10.2 Å². The van der Waals surface area contributed by atoms with Crippen LogP contribution in [0.1, 0.15) is 31.2 Å². The summed E-state index contributed by atoms with van der Waals surface area (Å²) in [7, 11) is 5.55. The summed E-state index contributed by atoms with van der Waals surface area (Å²) in [4.78, 5) is 16.3. The highest BCUT2D eigenvalue weighted by Crippen LogP contribution is 2.49. The molecule has 1 aliphatic carbocycles. The molecule has 2 amide bonds. The van der Waals surface area contributed by atoms with Crippen molar-refractivity contribution in [2.75, 3.05) is 39.4 Å². The van der Waals surface area contributed by atoms with E-state index in [1.807, 2.05) is 36.6 Å². The van der Waals surface area contributed by atoms with Gasteiger partial charge in [-0.1, -0.05) is 18.2 Å². The quantitative estimate of drug-likeness (QED) is 0.616. The number of para-hydroxylation sites is 1. The normalized spacial score (nSPS) is 25.1. The van der Waals surface area contributed by atoms with Crippen molar-refractivity contribution in [3.05, 3.63) is 48.0 Å². The Labute approximate surface area is 195 Å². The molecule has 0 bridgehead atoms. The summed E-state index contributed by atoms with van der Waals surface area (Å²) in [5.41, 5.74) is 2.24. The minimum atomic E-state index is -0.129. The third-order valence-electron chi connectivity index (χ3n) is 7.18. The first-order valence-corrected chi connectivity index (χ1v) is 12.4. The van der Waals surface area contributed by atoms with Crippen molar-refractivity contribution >= 4 is 23.5 Å². The van der Waals surface area contributed by atoms with Gasteiger partial charge >= 0.3 is 6.03 Å². The largest absolute Gasteiger partial charge is 0.493 e. The molecule has 2 aromatic rings. The van der Waals surface area contributed by atoms with E-state index in [2.05, 4.69) is 34.7 Å². The number of amides is 2. The van der Waals surface area contributed by atoms with Crippen LogP contribution in [-0.2, 0) is 5.41 Å². The summed E-state index contributed by atoms with van der Waals surface area (Å²) < 4.78 is 11.0. The van der Waals surface area contributed by atoms with Crippen LogP contribution in [0.4, 0.5) is 10.5 Å². The highest BCUT2D eigenvalue weighted by Gasteiger charge is 2.50. The van der Waals surface area contributed by atoms with Gasteiger partial charge in [0.25, 0.3) is 0 Å². The molecule has 4 rings (SSSR count). The molecule has 0 aromatic heterocycles. The number of likely N-dealkylation sites (N-methyl/N-ethyl adjacent to an activating group) is 1. The SMILES string of the molecule is COc1ccc(C23CCC(NC(=O)Nc4ccccc4SC)CC2N(C)CC3)cc1OC. The van der Waals surface area contributed by atoms with Gasteiger partial charge in [0.15, 0.2) is 11.5 Å². The second kappa shape index (κ2) is 9.63. The molecule has 7 heteroatoms. The van der Waals surface area contributed by atoms with Crippen molar-refractivity contribution in [1.29, 1.82) is 0 Å². The lowest BCUT2D eigenvalue weighted by Gasteiger charge is -2.45. The van der Waals surface area contributed by atoms with Crippen molar-refractivity contribution in [3.63, 3.8) is 0 Å². The molecule has 6 nitrogen and oxygen atoms in total. The third kappa shape index (κ3) is 4.28. The number of anilines is 1. The molecular formula is C25H33N3O3S. The number of nitrogens with one attached hydrogen (secondary N) is 2. The lowest BCUT2D eigenvalue weighted by atomic mass is 9.65. The molecule has 1 saturated carbocycles. The maximum absolute atomic E-state index is 12.8. The number of likely N-dealkylation sites (tertiary alicyclic amines) is 1. The van der Waals surface area contributed by atoms with Crippen molar-refractivity contribution in [2.24, 2.45) is 0 Å². The summed E-state index contributed by atoms with van der Waals surface area (Å²) in [5, 5.41) is 6.26. The Hall–Kier alpha value is -2.38. The van der Waals surface area contributed by atoms with E-state index in [1.54, 1.807) is 26.0 Å². The molecule has 2 aromatic carbocycles. The molecule has 1 heterocycles. The minimum absolute atomic E-state index is 0.0778. The van der Waals surface area contributed by atoms with E-state index in [0.29, 0.717) is 6.04 Å². The molecule has 2 aliphatic rings. The van der Waals surface area contributed by atoms with Crippen LogP contribution in [0.5, 0.6) is 11.5 Å². The Balaban J connectivity index is 1.48. The summed E-state index contributed by atoms with van der Waals surface area (Å²) >= 11 is 1.63. The Bertz CT molecular complexity index is 969. The average Bonchev–Trinajstić information content (AvgIpc) is 3.16.